The van der Waals surface area contributed by atoms with Crippen molar-refractivity contribution in [2.24, 2.45) is 5.73 Å². The van der Waals surface area contributed by atoms with Gasteiger partial charge in [-0.1, -0.05) is 29.8 Å². The van der Waals surface area contributed by atoms with E-state index in [1.807, 2.05) is 12.1 Å². The number of aromatic nitrogens is 2. The molecule has 1 saturated heterocycles. The summed E-state index contributed by atoms with van der Waals surface area (Å²) in [6.07, 6.45) is 4.72. The second-order valence-corrected chi connectivity index (χ2v) is 10.8. The lowest BCUT2D eigenvalue weighted by molar-refractivity contribution is 0.0677. The van der Waals surface area contributed by atoms with Crippen LogP contribution in [-0.2, 0) is 6.42 Å². The van der Waals surface area contributed by atoms with Gasteiger partial charge in [0.15, 0.2) is 0 Å². The molecule has 6 nitrogen and oxygen atoms in total. The van der Waals surface area contributed by atoms with Gasteiger partial charge in [0.2, 0.25) is 0 Å². The lowest BCUT2D eigenvalue weighted by atomic mass is 9.88. The number of hydrogen-bond acceptors (Lipinski definition) is 6. The Hall–Kier alpha value is -2.41. The van der Waals surface area contributed by atoms with Crippen molar-refractivity contribution in [3.8, 4) is 0 Å². The zero-order chi connectivity index (χ0) is 24.0. The molecule has 3 aromatic rings. The lowest BCUT2D eigenvalue weighted by Crippen LogP contribution is -2.38. The van der Waals surface area contributed by atoms with Gasteiger partial charge in [0.05, 0.1) is 5.52 Å². The maximum absolute atomic E-state index is 10.2. The molecule has 180 valence electrons. The van der Waals surface area contributed by atoms with Gasteiger partial charge in [-0.3, -0.25) is 0 Å². The van der Waals surface area contributed by atoms with E-state index >= 15 is 0 Å². The summed E-state index contributed by atoms with van der Waals surface area (Å²) in [7, 11) is 4.23. The Kier molecular flexibility index (Phi) is 6.17. The van der Waals surface area contributed by atoms with Gasteiger partial charge >= 0.3 is 0 Å². The zero-order valence-corrected chi connectivity index (χ0v) is 21.0. The van der Waals surface area contributed by atoms with Crippen LogP contribution in [0.25, 0.3) is 10.9 Å². The summed E-state index contributed by atoms with van der Waals surface area (Å²) >= 11 is 6.58. The molecule has 1 aliphatic carbocycles. The average molecular weight is 480 g/mol. The summed E-state index contributed by atoms with van der Waals surface area (Å²) in [6, 6.07) is 12.7. The van der Waals surface area contributed by atoms with Crippen LogP contribution in [0.2, 0.25) is 5.02 Å². The second kappa shape index (κ2) is 8.99. The molecule has 2 aliphatic rings. The molecule has 0 radical (unpaired) electrons. The van der Waals surface area contributed by atoms with Crippen molar-refractivity contribution in [1.82, 2.24) is 9.97 Å². The normalized spacial score (nSPS) is 18.8. The number of aliphatic hydroxyl groups is 1. The van der Waals surface area contributed by atoms with E-state index in [4.69, 9.17) is 27.3 Å². The number of halogens is 1. The maximum atomic E-state index is 10.2. The molecule has 1 atom stereocenters. The van der Waals surface area contributed by atoms with Gasteiger partial charge in [0.25, 0.3) is 0 Å². The fourth-order valence-corrected chi connectivity index (χ4v) is 5.35. The van der Waals surface area contributed by atoms with Crippen LogP contribution in [0.4, 0.5) is 11.5 Å². The van der Waals surface area contributed by atoms with Gasteiger partial charge in [-0.15, -0.1) is 0 Å². The van der Waals surface area contributed by atoms with Gasteiger partial charge in [-0.25, -0.2) is 9.97 Å². The molecular weight excluding hydrogens is 446 g/mol. The summed E-state index contributed by atoms with van der Waals surface area (Å²) in [5.41, 5.74) is 8.98. The summed E-state index contributed by atoms with van der Waals surface area (Å²) in [4.78, 5) is 14.5. The number of anilines is 2. The first-order valence-corrected chi connectivity index (χ1v) is 12.6. The van der Waals surface area contributed by atoms with E-state index in [1.165, 1.54) is 11.3 Å². The van der Waals surface area contributed by atoms with Crippen molar-refractivity contribution < 1.29 is 5.11 Å². The predicted molar refractivity (Wildman–Crippen MR) is 140 cm³/mol. The SMILES string of the molecule is CN(C)c1ccccc1C1CCN(c2nc(C3CC3)nc3cc(Cl)c(CC(C)(N)O)cc23)CC1. The first kappa shape index (κ1) is 23.3. The molecule has 0 amide bonds. The summed E-state index contributed by atoms with van der Waals surface area (Å²) in [5, 5.41) is 11.8. The Bertz CT molecular complexity index is 1190. The van der Waals surface area contributed by atoms with Gasteiger partial charge in [0, 0.05) is 55.6 Å². The molecule has 3 N–H and O–H groups in total. The molecule has 1 aromatic heterocycles. The van der Waals surface area contributed by atoms with E-state index in [0.29, 0.717) is 16.9 Å². The number of nitrogens with zero attached hydrogens (tertiary/aromatic N) is 4. The molecule has 7 heteroatoms. The van der Waals surface area contributed by atoms with Crippen LogP contribution < -0.4 is 15.5 Å². The molecule has 1 unspecified atom stereocenters. The molecule has 0 bridgehead atoms. The van der Waals surface area contributed by atoms with E-state index in [1.54, 1.807) is 6.92 Å². The van der Waals surface area contributed by atoms with Crippen molar-refractivity contribution in [3.63, 3.8) is 0 Å². The Morgan fingerprint density at radius 1 is 1.09 bits per heavy atom. The van der Waals surface area contributed by atoms with Crippen LogP contribution in [0.3, 0.4) is 0 Å². The number of rotatable bonds is 6. The van der Waals surface area contributed by atoms with Crippen LogP contribution in [0.5, 0.6) is 0 Å². The third-order valence-corrected chi connectivity index (χ3v) is 7.36. The van der Waals surface area contributed by atoms with E-state index < -0.39 is 5.72 Å². The summed E-state index contributed by atoms with van der Waals surface area (Å²) < 4.78 is 0. The Balaban J connectivity index is 1.48. The van der Waals surface area contributed by atoms with Gasteiger partial charge in [-0.05, 0) is 67.9 Å². The lowest BCUT2D eigenvalue weighted by Gasteiger charge is -2.35. The van der Waals surface area contributed by atoms with Crippen molar-refractivity contribution >= 4 is 34.0 Å². The highest BCUT2D eigenvalue weighted by Gasteiger charge is 2.30. The summed E-state index contributed by atoms with van der Waals surface area (Å²) in [6.45, 7) is 3.47. The standard InChI is InChI=1S/C27H34ClN5O/c1-27(29,34)16-19-14-21-23(15-22(19)28)30-25(18-8-9-18)31-26(21)33-12-10-17(11-13-33)20-6-4-5-7-24(20)32(2)3/h4-7,14-15,17-18,34H,8-13,16,29H2,1-3H3. The fraction of sp³-hybridized carbons (Fsp3) is 0.481. The molecule has 1 saturated carbocycles. The monoisotopic (exact) mass is 479 g/mol. The van der Waals surface area contributed by atoms with Crippen molar-refractivity contribution in [1.29, 1.82) is 0 Å². The predicted octanol–water partition coefficient (Wildman–Crippen LogP) is 4.82. The Morgan fingerprint density at radius 2 is 1.79 bits per heavy atom. The molecular formula is C27H34ClN5O. The first-order chi connectivity index (χ1) is 16.2. The molecule has 2 aromatic carbocycles. The number of hydrogen-bond donors (Lipinski definition) is 2. The van der Waals surface area contributed by atoms with Crippen LogP contribution in [0, 0.1) is 0 Å². The average Bonchev–Trinajstić information content (AvgIpc) is 3.64. The highest BCUT2D eigenvalue weighted by molar-refractivity contribution is 6.32. The smallest absolute Gasteiger partial charge is 0.140 e. The van der Waals surface area contributed by atoms with Crippen LogP contribution in [0.15, 0.2) is 36.4 Å². The van der Waals surface area contributed by atoms with Crippen molar-refractivity contribution in [3.05, 3.63) is 58.4 Å². The topological polar surface area (TPSA) is 78.5 Å². The highest BCUT2D eigenvalue weighted by atomic mass is 35.5. The van der Waals surface area contributed by atoms with E-state index in [-0.39, 0.29) is 6.42 Å². The molecule has 0 spiro atoms. The summed E-state index contributed by atoms with van der Waals surface area (Å²) in [5.74, 6) is 2.90. The minimum absolute atomic E-state index is 0.273. The number of fused-ring (bicyclic) bond motifs is 1. The minimum atomic E-state index is -1.33. The molecule has 5 rings (SSSR count). The van der Waals surface area contributed by atoms with Crippen LogP contribution >= 0.6 is 11.6 Å². The number of nitrogens with two attached hydrogens (primary N) is 1. The molecule has 2 heterocycles. The number of piperidine rings is 1. The molecule has 1 aliphatic heterocycles. The van der Waals surface area contributed by atoms with Crippen LogP contribution in [0.1, 0.15) is 61.4 Å². The van der Waals surface area contributed by atoms with Crippen molar-refractivity contribution in [2.45, 2.75) is 56.6 Å². The van der Waals surface area contributed by atoms with Gasteiger partial charge in [0.1, 0.15) is 17.4 Å². The zero-order valence-electron chi connectivity index (χ0n) is 20.3. The molecule has 34 heavy (non-hydrogen) atoms. The highest BCUT2D eigenvalue weighted by Crippen LogP contribution is 2.42. The molecule has 2 fully saturated rings. The Labute approximate surface area is 206 Å². The quantitative estimate of drug-likeness (QED) is 0.493. The maximum Gasteiger partial charge on any atom is 0.140 e. The third kappa shape index (κ3) is 4.85. The number of benzene rings is 2. The minimum Gasteiger partial charge on any atom is -0.377 e. The van der Waals surface area contributed by atoms with Crippen LogP contribution in [-0.4, -0.2) is 48.0 Å². The first-order valence-electron chi connectivity index (χ1n) is 12.2. The third-order valence-electron chi connectivity index (χ3n) is 7.00. The largest absolute Gasteiger partial charge is 0.377 e. The van der Waals surface area contributed by atoms with E-state index in [9.17, 15) is 5.11 Å². The fourth-order valence-electron chi connectivity index (χ4n) is 5.12. The second-order valence-electron chi connectivity index (χ2n) is 10.4. The van der Waals surface area contributed by atoms with Gasteiger partial charge < -0.3 is 20.6 Å². The number of para-hydroxylation sites is 1. The van der Waals surface area contributed by atoms with Crippen molar-refractivity contribution in [2.75, 3.05) is 37.0 Å². The van der Waals surface area contributed by atoms with E-state index in [0.717, 1.165) is 66.9 Å². The Morgan fingerprint density at radius 3 is 2.44 bits per heavy atom. The van der Waals surface area contributed by atoms with Gasteiger partial charge in [-0.2, -0.15) is 0 Å². The van der Waals surface area contributed by atoms with E-state index in [2.05, 4.69) is 48.2 Å².